The largest absolute Gasteiger partial charge is 0.497 e. The van der Waals surface area contributed by atoms with Crippen LogP contribution in [0.4, 0.5) is 5.95 Å². The van der Waals surface area contributed by atoms with Gasteiger partial charge in [-0.3, -0.25) is 4.57 Å². The van der Waals surface area contributed by atoms with Crippen LogP contribution in [-0.2, 0) is 19.9 Å². The Balaban J connectivity index is 1.53. The van der Waals surface area contributed by atoms with Crippen LogP contribution in [0.15, 0.2) is 23.4 Å². The van der Waals surface area contributed by atoms with Crippen molar-refractivity contribution in [2.45, 2.75) is 50.2 Å². The molecule has 0 bridgehead atoms. The number of rotatable bonds is 10. The summed E-state index contributed by atoms with van der Waals surface area (Å²) in [4.78, 5) is 2.69. The Morgan fingerprint density at radius 3 is 2.86 bits per heavy atom. The van der Waals surface area contributed by atoms with Crippen LogP contribution < -0.4 is 10.1 Å². The van der Waals surface area contributed by atoms with Gasteiger partial charge in [-0.25, -0.2) is 0 Å². The molecule has 1 heterocycles. The lowest BCUT2D eigenvalue weighted by Crippen LogP contribution is -2.40. The number of methoxy groups -OCH3 is 1. The van der Waals surface area contributed by atoms with Gasteiger partial charge in [0.2, 0.25) is 5.95 Å². The van der Waals surface area contributed by atoms with Gasteiger partial charge in [0, 0.05) is 25.9 Å². The first-order chi connectivity index (χ1) is 13.7. The van der Waals surface area contributed by atoms with E-state index in [1.807, 2.05) is 18.7 Å². The second kappa shape index (κ2) is 10.2. The summed E-state index contributed by atoms with van der Waals surface area (Å²) in [6.45, 7) is 4.59. The predicted octanol–water partition coefficient (Wildman–Crippen LogP) is 3.62. The Labute approximate surface area is 173 Å². The molecule has 1 aromatic carbocycles. The predicted molar refractivity (Wildman–Crippen MR) is 117 cm³/mol. The van der Waals surface area contributed by atoms with E-state index in [9.17, 15) is 0 Å². The van der Waals surface area contributed by atoms with Gasteiger partial charge in [-0.1, -0.05) is 24.8 Å². The van der Waals surface area contributed by atoms with Crippen LogP contribution in [0, 0.1) is 0 Å². The number of ether oxygens (including phenoxy) is 1. The summed E-state index contributed by atoms with van der Waals surface area (Å²) in [5, 5.41) is 12.4. The Morgan fingerprint density at radius 2 is 2.14 bits per heavy atom. The molecule has 154 valence electrons. The van der Waals surface area contributed by atoms with Crippen molar-refractivity contribution in [1.82, 2.24) is 19.7 Å². The molecule has 0 amide bonds. The van der Waals surface area contributed by atoms with E-state index in [-0.39, 0.29) is 0 Å². The Kier molecular flexibility index (Phi) is 7.62. The summed E-state index contributed by atoms with van der Waals surface area (Å²) in [6.07, 6.45) is 5.91. The van der Waals surface area contributed by atoms with Crippen LogP contribution in [0.3, 0.4) is 0 Å². The first kappa shape index (κ1) is 21.0. The highest BCUT2D eigenvalue weighted by atomic mass is 32.2. The summed E-state index contributed by atoms with van der Waals surface area (Å²) in [7, 11) is 5.63. The van der Waals surface area contributed by atoms with Gasteiger partial charge >= 0.3 is 0 Å². The lowest BCUT2D eigenvalue weighted by Gasteiger charge is -2.35. The number of nitrogens with one attached hydrogen (secondary N) is 1. The normalized spacial score (nSPS) is 16.2. The number of thioether (sulfide) groups is 1. The lowest BCUT2D eigenvalue weighted by atomic mass is 9.87. The molecule has 1 atom stereocenters. The molecule has 3 rings (SSSR count). The monoisotopic (exact) mass is 403 g/mol. The molecule has 6 nitrogen and oxygen atoms in total. The SMILES string of the molecule is CCCN(CCCSc1nnc(NC)n1C)C1CCc2ccc(OC)cc2C1. The maximum absolute atomic E-state index is 5.43. The maximum Gasteiger partial charge on any atom is 0.224 e. The molecule has 0 aliphatic heterocycles. The van der Waals surface area contributed by atoms with Crippen LogP contribution in [0.5, 0.6) is 5.75 Å². The molecule has 28 heavy (non-hydrogen) atoms. The van der Waals surface area contributed by atoms with Gasteiger partial charge in [0.05, 0.1) is 7.11 Å². The Morgan fingerprint density at radius 1 is 1.29 bits per heavy atom. The van der Waals surface area contributed by atoms with Crippen molar-refractivity contribution in [1.29, 1.82) is 0 Å². The maximum atomic E-state index is 5.43. The minimum Gasteiger partial charge on any atom is -0.497 e. The summed E-state index contributed by atoms with van der Waals surface area (Å²) >= 11 is 1.79. The summed E-state index contributed by atoms with van der Waals surface area (Å²) in [5.41, 5.74) is 2.96. The third-order valence-corrected chi connectivity index (χ3v) is 6.63. The fourth-order valence-corrected chi connectivity index (χ4v) is 4.84. The van der Waals surface area contributed by atoms with Gasteiger partial charge in [-0.05, 0) is 68.5 Å². The number of benzene rings is 1. The van der Waals surface area contributed by atoms with Crippen LogP contribution >= 0.6 is 11.8 Å². The molecular formula is C21H33N5OS. The third-order valence-electron chi connectivity index (χ3n) is 5.52. The van der Waals surface area contributed by atoms with Gasteiger partial charge < -0.3 is 15.0 Å². The average Bonchev–Trinajstić information content (AvgIpc) is 3.09. The number of aromatic nitrogens is 3. The van der Waals surface area contributed by atoms with Crippen molar-refractivity contribution < 1.29 is 4.74 Å². The molecule has 0 spiro atoms. The number of anilines is 1. The van der Waals surface area contributed by atoms with Gasteiger partial charge in [0.25, 0.3) is 0 Å². The second-order valence-electron chi connectivity index (χ2n) is 7.38. The number of hydrogen-bond donors (Lipinski definition) is 1. The number of aryl methyl sites for hydroxylation is 1. The van der Waals surface area contributed by atoms with E-state index in [0.717, 1.165) is 42.0 Å². The molecule has 0 saturated heterocycles. The zero-order valence-corrected chi connectivity index (χ0v) is 18.4. The molecule has 1 aromatic heterocycles. The number of hydrogen-bond acceptors (Lipinski definition) is 6. The van der Waals surface area contributed by atoms with Crippen LogP contribution in [0.25, 0.3) is 0 Å². The zero-order chi connectivity index (χ0) is 19.9. The van der Waals surface area contributed by atoms with E-state index in [1.54, 1.807) is 18.9 Å². The minimum atomic E-state index is 0.635. The molecule has 1 aliphatic carbocycles. The molecule has 1 unspecified atom stereocenters. The Bertz CT molecular complexity index is 763. The second-order valence-corrected chi connectivity index (χ2v) is 8.45. The Hall–Kier alpha value is -1.73. The van der Waals surface area contributed by atoms with Crippen molar-refractivity contribution in [3.05, 3.63) is 29.3 Å². The summed E-state index contributed by atoms with van der Waals surface area (Å²) in [6, 6.07) is 7.20. The molecule has 7 heteroatoms. The summed E-state index contributed by atoms with van der Waals surface area (Å²) in [5.74, 6) is 2.85. The van der Waals surface area contributed by atoms with Gasteiger partial charge in [-0.2, -0.15) is 0 Å². The number of nitrogens with zero attached hydrogens (tertiary/aromatic N) is 4. The first-order valence-electron chi connectivity index (χ1n) is 10.3. The molecule has 0 saturated carbocycles. The summed E-state index contributed by atoms with van der Waals surface area (Å²) < 4.78 is 7.44. The molecule has 0 fully saturated rings. The molecule has 2 aromatic rings. The average molecular weight is 404 g/mol. The quantitative estimate of drug-likeness (QED) is 0.483. The lowest BCUT2D eigenvalue weighted by molar-refractivity contribution is 0.180. The van der Waals surface area contributed by atoms with E-state index in [4.69, 9.17) is 4.74 Å². The fraction of sp³-hybridized carbons (Fsp3) is 0.619. The topological polar surface area (TPSA) is 55.2 Å². The first-order valence-corrected chi connectivity index (χ1v) is 11.2. The van der Waals surface area contributed by atoms with Crippen LogP contribution in [0.1, 0.15) is 37.3 Å². The van der Waals surface area contributed by atoms with Gasteiger partial charge in [-0.15, -0.1) is 10.2 Å². The van der Waals surface area contributed by atoms with E-state index in [1.165, 1.54) is 36.9 Å². The highest BCUT2D eigenvalue weighted by Crippen LogP contribution is 2.28. The highest BCUT2D eigenvalue weighted by Gasteiger charge is 2.24. The third kappa shape index (κ3) is 5.00. The number of fused-ring (bicyclic) bond motifs is 1. The molecule has 0 radical (unpaired) electrons. The molecular weight excluding hydrogens is 370 g/mol. The smallest absolute Gasteiger partial charge is 0.224 e. The standard InChI is InChI=1S/C21H33N5OS/c1-5-11-26(12-6-13-28-21-24-23-20(22-2)25(21)3)18-9-7-16-8-10-19(27-4)15-17(16)14-18/h8,10,15,18H,5-7,9,11-14H2,1-4H3,(H,22,23). The van der Waals surface area contributed by atoms with Gasteiger partial charge in [0.1, 0.15) is 5.75 Å². The highest BCUT2D eigenvalue weighted by molar-refractivity contribution is 7.99. The van der Waals surface area contributed by atoms with Crippen molar-refractivity contribution in [3.8, 4) is 5.75 Å². The minimum absolute atomic E-state index is 0.635. The van der Waals surface area contributed by atoms with E-state index < -0.39 is 0 Å². The van der Waals surface area contributed by atoms with Crippen molar-refractivity contribution in [2.75, 3.05) is 38.3 Å². The van der Waals surface area contributed by atoms with E-state index >= 15 is 0 Å². The molecule has 1 aliphatic rings. The van der Waals surface area contributed by atoms with Gasteiger partial charge in [0.15, 0.2) is 5.16 Å². The van der Waals surface area contributed by atoms with Crippen molar-refractivity contribution >= 4 is 17.7 Å². The van der Waals surface area contributed by atoms with Crippen LogP contribution in [-0.4, -0.2) is 58.7 Å². The van der Waals surface area contributed by atoms with Crippen LogP contribution in [0.2, 0.25) is 0 Å². The van der Waals surface area contributed by atoms with E-state index in [2.05, 4.69) is 45.5 Å². The van der Waals surface area contributed by atoms with Crippen molar-refractivity contribution in [2.24, 2.45) is 7.05 Å². The van der Waals surface area contributed by atoms with E-state index in [0.29, 0.717) is 6.04 Å². The zero-order valence-electron chi connectivity index (χ0n) is 17.6. The molecule has 1 N–H and O–H groups in total. The van der Waals surface area contributed by atoms with Crippen molar-refractivity contribution in [3.63, 3.8) is 0 Å². The fourth-order valence-electron chi connectivity index (χ4n) is 4.01.